The molecule has 2 rings (SSSR count). The molecule has 0 radical (unpaired) electrons. The molecule has 1 N–H and O–H groups in total. The van der Waals surface area contributed by atoms with Crippen molar-refractivity contribution in [1.29, 1.82) is 0 Å². The largest absolute Gasteiger partial charge is 0.494 e. The maximum Gasteiger partial charge on any atom is 0.132 e. The Morgan fingerprint density at radius 3 is 2.50 bits per heavy atom. The molecule has 2 aromatic rings. The van der Waals surface area contributed by atoms with Crippen molar-refractivity contribution >= 4 is 5.82 Å². The van der Waals surface area contributed by atoms with E-state index in [2.05, 4.69) is 22.2 Å². The average molecular weight is 271 g/mol. The predicted octanol–water partition coefficient (Wildman–Crippen LogP) is 3.67. The van der Waals surface area contributed by atoms with Crippen molar-refractivity contribution in [3.63, 3.8) is 0 Å². The lowest BCUT2D eigenvalue weighted by Gasteiger charge is -2.11. The van der Waals surface area contributed by atoms with Crippen molar-refractivity contribution in [3.8, 4) is 17.0 Å². The third-order valence-electron chi connectivity index (χ3n) is 3.07. The molecule has 0 saturated heterocycles. The summed E-state index contributed by atoms with van der Waals surface area (Å²) in [6, 6.07) is 8.01. The second kappa shape index (κ2) is 6.89. The molecule has 0 atom stereocenters. The summed E-state index contributed by atoms with van der Waals surface area (Å²) >= 11 is 0. The second-order valence-electron chi connectivity index (χ2n) is 4.58. The number of nitrogens with zero attached hydrogens (tertiary/aromatic N) is 2. The number of anilines is 1. The highest BCUT2D eigenvalue weighted by Crippen LogP contribution is 2.26. The molecule has 0 unspecified atom stereocenters. The Hall–Kier alpha value is -2.10. The molecule has 0 saturated carbocycles. The highest BCUT2D eigenvalue weighted by atomic mass is 16.5. The summed E-state index contributed by atoms with van der Waals surface area (Å²) in [5.41, 5.74) is 3.11. The van der Waals surface area contributed by atoms with Crippen LogP contribution in [0.1, 0.15) is 25.8 Å². The van der Waals surface area contributed by atoms with E-state index < -0.39 is 0 Å². The minimum absolute atomic E-state index is 0.678. The zero-order valence-corrected chi connectivity index (χ0v) is 12.3. The molecular weight excluding hydrogens is 250 g/mol. The number of rotatable bonds is 6. The molecule has 1 aromatic carbocycles. The SMILES string of the molecule is CCCNc1ncnc(-c2ccc(OCC)cc2)c1C. The summed E-state index contributed by atoms with van der Waals surface area (Å²) in [5.74, 6) is 1.79. The summed E-state index contributed by atoms with van der Waals surface area (Å²) in [6.07, 6.45) is 2.68. The van der Waals surface area contributed by atoms with Gasteiger partial charge >= 0.3 is 0 Å². The lowest BCUT2D eigenvalue weighted by molar-refractivity contribution is 0.340. The first-order chi connectivity index (χ1) is 9.76. The molecule has 1 heterocycles. The van der Waals surface area contributed by atoms with E-state index in [9.17, 15) is 0 Å². The monoisotopic (exact) mass is 271 g/mol. The lowest BCUT2D eigenvalue weighted by Crippen LogP contribution is -2.05. The van der Waals surface area contributed by atoms with Gasteiger partial charge in [-0.1, -0.05) is 6.92 Å². The van der Waals surface area contributed by atoms with E-state index in [-0.39, 0.29) is 0 Å². The van der Waals surface area contributed by atoms with E-state index in [0.717, 1.165) is 41.4 Å². The van der Waals surface area contributed by atoms with Gasteiger partial charge in [-0.15, -0.1) is 0 Å². The van der Waals surface area contributed by atoms with Crippen molar-refractivity contribution in [2.75, 3.05) is 18.5 Å². The van der Waals surface area contributed by atoms with Gasteiger partial charge in [0, 0.05) is 17.7 Å². The minimum Gasteiger partial charge on any atom is -0.494 e. The summed E-state index contributed by atoms with van der Waals surface area (Å²) in [6.45, 7) is 7.76. The van der Waals surface area contributed by atoms with E-state index in [4.69, 9.17) is 4.74 Å². The zero-order valence-electron chi connectivity index (χ0n) is 12.3. The fraction of sp³-hybridized carbons (Fsp3) is 0.375. The quantitative estimate of drug-likeness (QED) is 0.870. The Morgan fingerprint density at radius 1 is 1.10 bits per heavy atom. The van der Waals surface area contributed by atoms with Gasteiger partial charge in [0.1, 0.15) is 17.9 Å². The van der Waals surface area contributed by atoms with Gasteiger partial charge in [0.15, 0.2) is 0 Å². The van der Waals surface area contributed by atoms with Gasteiger partial charge in [-0.05, 0) is 44.5 Å². The second-order valence-corrected chi connectivity index (χ2v) is 4.58. The van der Waals surface area contributed by atoms with Gasteiger partial charge in [0.05, 0.1) is 12.3 Å². The number of hydrogen-bond donors (Lipinski definition) is 1. The van der Waals surface area contributed by atoms with Crippen LogP contribution in [0.15, 0.2) is 30.6 Å². The first kappa shape index (κ1) is 14.3. The van der Waals surface area contributed by atoms with Crippen molar-refractivity contribution in [3.05, 3.63) is 36.2 Å². The first-order valence-electron chi connectivity index (χ1n) is 7.05. The molecule has 0 bridgehead atoms. The van der Waals surface area contributed by atoms with Crippen LogP contribution in [-0.4, -0.2) is 23.1 Å². The number of nitrogens with one attached hydrogen (secondary N) is 1. The maximum atomic E-state index is 5.46. The van der Waals surface area contributed by atoms with Crippen LogP contribution in [0.25, 0.3) is 11.3 Å². The smallest absolute Gasteiger partial charge is 0.132 e. The first-order valence-corrected chi connectivity index (χ1v) is 7.05. The summed E-state index contributed by atoms with van der Waals surface area (Å²) in [5, 5.41) is 3.33. The number of aromatic nitrogens is 2. The van der Waals surface area contributed by atoms with Gasteiger partial charge < -0.3 is 10.1 Å². The molecule has 0 aliphatic heterocycles. The molecule has 0 aliphatic carbocycles. The van der Waals surface area contributed by atoms with Crippen molar-refractivity contribution in [2.24, 2.45) is 0 Å². The minimum atomic E-state index is 0.678. The molecule has 1 aromatic heterocycles. The van der Waals surface area contributed by atoms with E-state index in [1.807, 2.05) is 38.1 Å². The summed E-state index contributed by atoms with van der Waals surface area (Å²) in [4.78, 5) is 8.70. The topological polar surface area (TPSA) is 47.0 Å². The van der Waals surface area contributed by atoms with E-state index >= 15 is 0 Å². The molecule has 0 fully saturated rings. The average Bonchev–Trinajstić information content (AvgIpc) is 2.48. The van der Waals surface area contributed by atoms with Crippen LogP contribution in [0.5, 0.6) is 5.75 Å². The molecular formula is C16H21N3O. The molecule has 0 spiro atoms. The normalized spacial score (nSPS) is 10.3. The van der Waals surface area contributed by atoms with Gasteiger partial charge in [-0.3, -0.25) is 0 Å². The van der Waals surface area contributed by atoms with Crippen LogP contribution in [0.3, 0.4) is 0 Å². The van der Waals surface area contributed by atoms with Gasteiger partial charge in [-0.25, -0.2) is 9.97 Å². The van der Waals surface area contributed by atoms with Crippen LogP contribution in [0.2, 0.25) is 0 Å². The van der Waals surface area contributed by atoms with Crippen molar-refractivity contribution < 1.29 is 4.74 Å². The van der Waals surface area contributed by atoms with Crippen LogP contribution in [-0.2, 0) is 0 Å². The molecule has 106 valence electrons. The van der Waals surface area contributed by atoms with E-state index in [0.29, 0.717) is 6.61 Å². The lowest BCUT2D eigenvalue weighted by atomic mass is 10.1. The maximum absolute atomic E-state index is 5.46. The van der Waals surface area contributed by atoms with E-state index in [1.54, 1.807) is 6.33 Å². The summed E-state index contributed by atoms with van der Waals surface area (Å²) < 4.78 is 5.46. The number of hydrogen-bond acceptors (Lipinski definition) is 4. The van der Waals surface area contributed by atoms with Gasteiger partial charge in [0.2, 0.25) is 0 Å². The van der Waals surface area contributed by atoms with Gasteiger partial charge in [0.25, 0.3) is 0 Å². The Kier molecular flexibility index (Phi) is 4.93. The standard InChI is InChI=1S/C16H21N3O/c1-4-10-17-16-12(3)15(18-11-19-16)13-6-8-14(9-7-13)20-5-2/h6-9,11H,4-5,10H2,1-3H3,(H,17,18,19). The highest BCUT2D eigenvalue weighted by molar-refractivity contribution is 5.68. The number of ether oxygens (including phenoxy) is 1. The Morgan fingerprint density at radius 2 is 1.85 bits per heavy atom. The van der Waals surface area contributed by atoms with Crippen molar-refractivity contribution in [1.82, 2.24) is 9.97 Å². The number of benzene rings is 1. The molecule has 20 heavy (non-hydrogen) atoms. The highest BCUT2D eigenvalue weighted by Gasteiger charge is 2.08. The molecule has 4 nitrogen and oxygen atoms in total. The van der Waals surface area contributed by atoms with Crippen LogP contribution >= 0.6 is 0 Å². The Labute approximate surface area is 120 Å². The summed E-state index contributed by atoms with van der Waals surface area (Å²) in [7, 11) is 0. The van der Waals surface area contributed by atoms with E-state index in [1.165, 1.54) is 0 Å². The van der Waals surface area contributed by atoms with Crippen LogP contribution in [0.4, 0.5) is 5.82 Å². The van der Waals surface area contributed by atoms with Crippen LogP contribution < -0.4 is 10.1 Å². The fourth-order valence-electron chi connectivity index (χ4n) is 2.04. The third-order valence-corrected chi connectivity index (χ3v) is 3.07. The Bertz CT molecular complexity index is 552. The zero-order chi connectivity index (χ0) is 14.4. The molecule has 0 amide bonds. The van der Waals surface area contributed by atoms with Gasteiger partial charge in [-0.2, -0.15) is 0 Å². The molecule has 4 heteroatoms. The third kappa shape index (κ3) is 3.26. The van der Waals surface area contributed by atoms with Crippen molar-refractivity contribution in [2.45, 2.75) is 27.2 Å². The Balaban J connectivity index is 2.27. The van der Waals surface area contributed by atoms with Crippen LogP contribution in [0, 0.1) is 6.92 Å². The fourth-order valence-corrected chi connectivity index (χ4v) is 2.04. The molecule has 0 aliphatic rings. The predicted molar refractivity (Wildman–Crippen MR) is 82.2 cm³/mol.